The Bertz CT molecular complexity index is 865. The lowest BCUT2D eigenvalue weighted by Crippen LogP contribution is -2.38. The molecule has 0 saturated heterocycles. The van der Waals surface area contributed by atoms with Crippen LogP contribution in [0, 0.1) is 11.6 Å². The lowest BCUT2D eigenvalue weighted by molar-refractivity contribution is -0.122. The number of carbonyl (C=O) groups excluding carboxylic acids is 1. The Morgan fingerprint density at radius 2 is 1.90 bits per heavy atom. The van der Waals surface area contributed by atoms with E-state index < -0.39 is 11.6 Å². The van der Waals surface area contributed by atoms with E-state index in [0.717, 1.165) is 17.7 Å². The third kappa shape index (κ3) is 8.13. The van der Waals surface area contributed by atoms with Crippen molar-refractivity contribution in [1.82, 2.24) is 16.0 Å². The van der Waals surface area contributed by atoms with Crippen molar-refractivity contribution in [3.8, 4) is 5.75 Å². The molecule has 2 aromatic rings. The van der Waals surface area contributed by atoms with Gasteiger partial charge in [0.1, 0.15) is 5.75 Å². The quantitative estimate of drug-likeness (QED) is 0.277. The highest BCUT2D eigenvalue weighted by atomic mass is 127. The monoisotopic (exact) mass is 532 g/mol. The van der Waals surface area contributed by atoms with Gasteiger partial charge in [0.25, 0.3) is 5.91 Å². The second-order valence-corrected chi connectivity index (χ2v) is 6.35. The van der Waals surface area contributed by atoms with Gasteiger partial charge < -0.3 is 20.7 Å². The van der Waals surface area contributed by atoms with Crippen molar-refractivity contribution in [3.05, 3.63) is 65.2 Å². The summed E-state index contributed by atoms with van der Waals surface area (Å²) in [6.45, 7) is 4.65. The summed E-state index contributed by atoms with van der Waals surface area (Å²) in [5.74, 6) is -0.836. The molecule has 164 valence electrons. The van der Waals surface area contributed by atoms with Crippen molar-refractivity contribution in [2.75, 3.05) is 20.2 Å². The highest BCUT2D eigenvalue weighted by Gasteiger charge is 2.11. The standard InChI is InChI=1S/C21H26F2N4O2.HI/c1-4-25-20(28)13-29-17-7-5-6-15(10-17)12-26-21(24-3)27-14(2)16-8-9-18(22)19(23)11-16;/h5-11,14H,4,12-13H2,1-3H3,(H,25,28)(H2,24,26,27);1H. The number of carbonyl (C=O) groups is 1. The van der Waals surface area contributed by atoms with E-state index in [1.807, 2.05) is 32.0 Å². The minimum absolute atomic E-state index is 0. The summed E-state index contributed by atoms with van der Waals surface area (Å²) in [5.41, 5.74) is 1.54. The molecule has 0 saturated carbocycles. The number of amides is 1. The van der Waals surface area contributed by atoms with Gasteiger partial charge in [0, 0.05) is 20.1 Å². The van der Waals surface area contributed by atoms with Crippen LogP contribution in [0.3, 0.4) is 0 Å². The lowest BCUT2D eigenvalue weighted by atomic mass is 10.1. The molecule has 3 N–H and O–H groups in total. The SMILES string of the molecule is CCNC(=O)COc1cccc(CNC(=NC)NC(C)c2ccc(F)c(F)c2)c1.I. The number of guanidine groups is 1. The Hall–Kier alpha value is -2.43. The maximum atomic E-state index is 13.4. The van der Waals surface area contributed by atoms with Gasteiger partial charge in [-0.15, -0.1) is 24.0 Å². The van der Waals surface area contributed by atoms with E-state index in [9.17, 15) is 13.6 Å². The Morgan fingerprint density at radius 3 is 2.57 bits per heavy atom. The maximum absolute atomic E-state index is 13.4. The van der Waals surface area contributed by atoms with E-state index in [4.69, 9.17) is 4.74 Å². The number of aliphatic imine (C=N–C) groups is 1. The molecule has 1 amide bonds. The van der Waals surface area contributed by atoms with Crippen molar-refractivity contribution in [1.29, 1.82) is 0 Å². The van der Waals surface area contributed by atoms with Crippen LogP contribution in [0.25, 0.3) is 0 Å². The summed E-state index contributed by atoms with van der Waals surface area (Å²) in [5, 5.41) is 8.97. The van der Waals surface area contributed by atoms with Crippen molar-refractivity contribution in [3.63, 3.8) is 0 Å². The number of rotatable bonds is 8. The number of nitrogens with one attached hydrogen (secondary N) is 3. The van der Waals surface area contributed by atoms with Crippen LogP contribution in [0.1, 0.15) is 31.0 Å². The minimum Gasteiger partial charge on any atom is -0.484 e. The molecule has 0 aromatic heterocycles. The fourth-order valence-corrected chi connectivity index (χ4v) is 2.59. The number of nitrogens with zero attached hydrogens (tertiary/aromatic N) is 1. The third-order valence-electron chi connectivity index (χ3n) is 4.12. The molecule has 6 nitrogen and oxygen atoms in total. The van der Waals surface area contributed by atoms with E-state index in [1.54, 1.807) is 13.1 Å². The van der Waals surface area contributed by atoms with Crippen LogP contribution in [0.15, 0.2) is 47.5 Å². The Kier molecular flexibility index (Phi) is 11.1. The zero-order valence-corrected chi connectivity index (χ0v) is 19.5. The van der Waals surface area contributed by atoms with E-state index in [0.29, 0.717) is 30.4 Å². The maximum Gasteiger partial charge on any atom is 0.257 e. The molecule has 2 rings (SSSR count). The van der Waals surface area contributed by atoms with Crippen molar-refractivity contribution >= 4 is 35.8 Å². The predicted octanol–water partition coefficient (Wildman–Crippen LogP) is 3.52. The first-order valence-electron chi connectivity index (χ1n) is 9.33. The molecule has 2 aromatic carbocycles. The molecule has 0 fully saturated rings. The fraction of sp³-hybridized carbons (Fsp3) is 0.333. The Balaban J connectivity index is 0.00000450. The van der Waals surface area contributed by atoms with Gasteiger partial charge in [0.05, 0.1) is 6.04 Å². The molecule has 9 heteroatoms. The van der Waals surface area contributed by atoms with E-state index in [-0.39, 0.29) is 42.5 Å². The van der Waals surface area contributed by atoms with Gasteiger partial charge in [-0.3, -0.25) is 9.79 Å². The highest BCUT2D eigenvalue weighted by molar-refractivity contribution is 14.0. The molecular formula is C21H27F2IN4O2. The van der Waals surface area contributed by atoms with Gasteiger partial charge in [-0.1, -0.05) is 18.2 Å². The average molecular weight is 532 g/mol. The molecule has 0 aliphatic rings. The molecule has 0 spiro atoms. The molecule has 0 bridgehead atoms. The topological polar surface area (TPSA) is 74.8 Å². The van der Waals surface area contributed by atoms with Crippen LogP contribution in [0.5, 0.6) is 5.75 Å². The van der Waals surface area contributed by atoms with E-state index in [1.165, 1.54) is 6.07 Å². The molecule has 0 aliphatic heterocycles. The first-order chi connectivity index (χ1) is 13.9. The van der Waals surface area contributed by atoms with Crippen molar-refractivity contribution < 1.29 is 18.3 Å². The first-order valence-corrected chi connectivity index (χ1v) is 9.33. The average Bonchev–Trinajstić information content (AvgIpc) is 2.72. The summed E-state index contributed by atoms with van der Waals surface area (Å²) in [6, 6.07) is 10.9. The van der Waals surface area contributed by atoms with Crippen LogP contribution >= 0.6 is 24.0 Å². The van der Waals surface area contributed by atoms with Gasteiger partial charge in [-0.25, -0.2) is 8.78 Å². The molecule has 0 radical (unpaired) electrons. The summed E-state index contributed by atoms with van der Waals surface area (Å²) in [7, 11) is 1.62. The number of halogens is 3. The Morgan fingerprint density at radius 1 is 1.13 bits per heavy atom. The van der Waals surface area contributed by atoms with Crippen molar-refractivity contribution in [2.24, 2.45) is 4.99 Å². The zero-order valence-electron chi connectivity index (χ0n) is 17.2. The van der Waals surface area contributed by atoms with Gasteiger partial charge in [0.2, 0.25) is 0 Å². The van der Waals surface area contributed by atoms with E-state index in [2.05, 4.69) is 20.9 Å². The molecule has 0 heterocycles. The predicted molar refractivity (Wildman–Crippen MR) is 124 cm³/mol. The Labute approximate surface area is 192 Å². The molecular weight excluding hydrogens is 505 g/mol. The second kappa shape index (κ2) is 13.0. The molecule has 0 aliphatic carbocycles. The molecule has 1 unspecified atom stereocenters. The highest BCUT2D eigenvalue weighted by Crippen LogP contribution is 2.16. The summed E-state index contributed by atoms with van der Waals surface area (Å²) >= 11 is 0. The first kappa shape index (κ1) is 25.6. The number of hydrogen-bond donors (Lipinski definition) is 3. The number of ether oxygens (including phenoxy) is 1. The molecule has 1 atom stereocenters. The minimum atomic E-state index is -0.886. The van der Waals surface area contributed by atoms with Crippen LogP contribution in [-0.2, 0) is 11.3 Å². The zero-order chi connectivity index (χ0) is 21.2. The van der Waals surface area contributed by atoms with Gasteiger partial charge in [-0.2, -0.15) is 0 Å². The van der Waals surface area contributed by atoms with Crippen LogP contribution in [0.4, 0.5) is 8.78 Å². The van der Waals surface area contributed by atoms with Crippen LogP contribution in [-0.4, -0.2) is 32.1 Å². The van der Waals surface area contributed by atoms with Crippen LogP contribution in [0.2, 0.25) is 0 Å². The van der Waals surface area contributed by atoms with Gasteiger partial charge in [-0.05, 0) is 49.2 Å². The van der Waals surface area contributed by atoms with Crippen LogP contribution < -0.4 is 20.7 Å². The van der Waals surface area contributed by atoms with E-state index >= 15 is 0 Å². The number of hydrogen-bond acceptors (Lipinski definition) is 3. The largest absolute Gasteiger partial charge is 0.484 e. The summed E-state index contributed by atoms with van der Waals surface area (Å²) < 4.78 is 32.0. The van der Waals surface area contributed by atoms with Gasteiger partial charge >= 0.3 is 0 Å². The second-order valence-electron chi connectivity index (χ2n) is 6.35. The van der Waals surface area contributed by atoms with Crippen molar-refractivity contribution in [2.45, 2.75) is 26.4 Å². The normalized spacial score (nSPS) is 11.8. The molecule has 30 heavy (non-hydrogen) atoms. The third-order valence-corrected chi connectivity index (χ3v) is 4.12. The van der Waals surface area contributed by atoms with Gasteiger partial charge in [0.15, 0.2) is 24.2 Å². The fourth-order valence-electron chi connectivity index (χ4n) is 2.59. The number of likely N-dealkylation sites (N-methyl/N-ethyl adjacent to an activating group) is 1. The smallest absolute Gasteiger partial charge is 0.257 e. The summed E-state index contributed by atoms with van der Waals surface area (Å²) in [4.78, 5) is 15.7. The number of benzene rings is 2. The summed E-state index contributed by atoms with van der Waals surface area (Å²) in [6.07, 6.45) is 0. The lowest BCUT2D eigenvalue weighted by Gasteiger charge is -2.18.